The molecule has 2 aromatic carbocycles. The van der Waals surface area contributed by atoms with Crippen LogP contribution in [0.2, 0.25) is 0 Å². The van der Waals surface area contributed by atoms with Gasteiger partial charge in [-0.25, -0.2) is 9.67 Å². The minimum atomic E-state index is 0.830. The van der Waals surface area contributed by atoms with Gasteiger partial charge in [0.1, 0.15) is 5.69 Å². The lowest BCUT2D eigenvalue weighted by Gasteiger charge is -2.05. The fourth-order valence-corrected chi connectivity index (χ4v) is 3.87. The molecule has 4 heterocycles. The van der Waals surface area contributed by atoms with Gasteiger partial charge in [-0.15, -0.1) is 0 Å². The molecule has 0 saturated carbocycles. The number of aromatic nitrogens is 5. The summed E-state index contributed by atoms with van der Waals surface area (Å²) in [6.45, 7) is 0. The SMILES string of the molecule is c1ccc(-n2nc(-c3ccncc3)c3cc4cc(-c5ccccn5)ccc4nc32)cc1. The monoisotopic (exact) mass is 399 g/mol. The van der Waals surface area contributed by atoms with Crippen molar-refractivity contribution < 1.29 is 0 Å². The predicted molar refractivity (Wildman–Crippen MR) is 123 cm³/mol. The molecule has 0 aliphatic carbocycles. The van der Waals surface area contributed by atoms with E-state index in [1.165, 1.54) is 0 Å². The Hall–Kier alpha value is -4.38. The third kappa shape index (κ3) is 3.04. The molecule has 0 aliphatic heterocycles. The summed E-state index contributed by atoms with van der Waals surface area (Å²) in [5.74, 6) is 0. The lowest BCUT2D eigenvalue weighted by molar-refractivity contribution is 0.903. The van der Waals surface area contributed by atoms with Crippen molar-refractivity contribution in [1.29, 1.82) is 0 Å². The van der Waals surface area contributed by atoms with Gasteiger partial charge in [0.25, 0.3) is 0 Å². The quantitative estimate of drug-likeness (QED) is 0.383. The van der Waals surface area contributed by atoms with Crippen molar-refractivity contribution in [2.24, 2.45) is 0 Å². The summed E-state index contributed by atoms with van der Waals surface area (Å²) in [6.07, 6.45) is 5.39. The summed E-state index contributed by atoms with van der Waals surface area (Å²) in [6, 6.07) is 28.4. The van der Waals surface area contributed by atoms with Crippen molar-refractivity contribution in [3.63, 3.8) is 0 Å². The van der Waals surface area contributed by atoms with Crippen LogP contribution in [0.1, 0.15) is 0 Å². The van der Waals surface area contributed by atoms with E-state index in [4.69, 9.17) is 10.1 Å². The highest BCUT2D eigenvalue weighted by atomic mass is 15.3. The zero-order chi connectivity index (χ0) is 20.6. The third-order valence-electron chi connectivity index (χ3n) is 5.37. The first-order valence-electron chi connectivity index (χ1n) is 10.1. The van der Waals surface area contributed by atoms with Gasteiger partial charge in [-0.2, -0.15) is 5.10 Å². The largest absolute Gasteiger partial charge is 0.265 e. The summed E-state index contributed by atoms with van der Waals surface area (Å²) in [5, 5.41) is 7.00. The van der Waals surface area contributed by atoms with Gasteiger partial charge in [0.05, 0.1) is 16.9 Å². The van der Waals surface area contributed by atoms with Gasteiger partial charge >= 0.3 is 0 Å². The highest BCUT2D eigenvalue weighted by Gasteiger charge is 2.16. The van der Waals surface area contributed by atoms with E-state index < -0.39 is 0 Å². The number of nitrogens with zero attached hydrogens (tertiary/aromatic N) is 5. The van der Waals surface area contributed by atoms with Crippen LogP contribution in [-0.2, 0) is 0 Å². The van der Waals surface area contributed by atoms with E-state index in [1.807, 2.05) is 77.6 Å². The lowest BCUT2D eigenvalue weighted by Crippen LogP contribution is -1.97. The van der Waals surface area contributed by atoms with Gasteiger partial charge in [-0.05, 0) is 54.6 Å². The maximum absolute atomic E-state index is 5.00. The molecule has 31 heavy (non-hydrogen) atoms. The Balaban J connectivity index is 1.64. The van der Waals surface area contributed by atoms with Crippen LogP contribution in [0.4, 0.5) is 0 Å². The van der Waals surface area contributed by atoms with E-state index in [2.05, 4.69) is 28.2 Å². The molecule has 146 valence electrons. The Labute approximate surface area is 178 Å². The summed E-state index contributed by atoms with van der Waals surface area (Å²) < 4.78 is 1.91. The molecule has 6 aromatic rings. The Kier molecular flexibility index (Phi) is 4.03. The van der Waals surface area contributed by atoms with Gasteiger partial charge in [0.15, 0.2) is 5.65 Å². The molecule has 0 atom stereocenters. The molecule has 0 N–H and O–H groups in total. The molecule has 0 fully saturated rings. The van der Waals surface area contributed by atoms with E-state index in [-0.39, 0.29) is 0 Å². The van der Waals surface area contributed by atoms with Crippen LogP contribution in [0, 0.1) is 0 Å². The van der Waals surface area contributed by atoms with Crippen LogP contribution in [0.5, 0.6) is 0 Å². The van der Waals surface area contributed by atoms with E-state index in [1.54, 1.807) is 12.4 Å². The number of rotatable bonds is 3. The zero-order valence-electron chi connectivity index (χ0n) is 16.6. The number of benzene rings is 2. The summed E-state index contributed by atoms with van der Waals surface area (Å²) in [7, 11) is 0. The molecule has 0 unspecified atom stereocenters. The average molecular weight is 399 g/mol. The molecule has 5 heteroatoms. The molecule has 0 saturated heterocycles. The fraction of sp³-hybridized carbons (Fsp3) is 0. The zero-order valence-corrected chi connectivity index (χ0v) is 16.6. The first-order valence-corrected chi connectivity index (χ1v) is 10.1. The second-order valence-electron chi connectivity index (χ2n) is 7.31. The molecule has 0 spiro atoms. The Bertz CT molecular complexity index is 1510. The van der Waals surface area contributed by atoms with Crippen LogP contribution in [0.3, 0.4) is 0 Å². The van der Waals surface area contributed by atoms with Crippen LogP contribution < -0.4 is 0 Å². The van der Waals surface area contributed by atoms with Crippen molar-refractivity contribution in [3.05, 3.63) is 104 Å². The third-order valence-corrected chi connectivity index (χ3v) is 5.37. The van der Waals surface area contributed by atoms with Gasteiger partial charge in [-0.1, -0.05) is 30.3 Å². The van der Waals surface area contributed by atoms with Crippen LogP contribution >= 0.6 is 0 Å². The van der Waals surface area contributed by atoms with Gasteiger partial charge < -0.3 is 0 Å². The Morgan fingerprint density at radius 1 is 0.677 bits per heavy atom. The standard InChI is InChI=1S/C26H17N5/c1-2-6-21(7-3-1)31-26-22(25(30-31)18-11-14-27-15-12-18)17-20-16-19(9-10-24(20)29-26)23-8-4-5-13-28-23/h1-17H. The smallest absolute Gasteiger partial charge is 0.164 e. The predicted octanol–water partition coefficient (Wildman–Crippen LogP) is 5.70. The van der Waals surface area contributed by atoms with Crippen LogP contribution in [0.25, 0.3) is 50.1 Å². The number of para-hydroxylation sites is 1. The minimum Gasteiger partial charge on any atom is -0.265 e. The van der Waals surface area contributed by atoms with E-state index in [9.17, 15) is 0 Å². The molecule has 0 radical (unpaired) electrons. The van der Waals surface area contributed by atoms with E-state index in [0.717, 1.165) is 50.1 Å². The molecule has 6 rings (SSSR count). The second kappa shape index (κ2) is 7.15. The molecule has 4 aromatic heterocycles. The number of fused-ring (bicyclic) bond motifs is 2. The highest BCUT2D eigenvalue weighted by molar-refractivity contribution is 6.00. The summed E-state index contributed by atoms with van der Waals surface area (Å²) in [5.41, 5.74) is 6.64. The Morgan fingerprint density at radius 3 is 2.32 bits per heavy atom. The number of hydrogen-bond donors (Lipinski definition) is 0. The molecule has 0 aliphatic rings. The van der Waals surface area contributed by atoms with Crippen LogP contribution in [0.15, 0.2) is 104 Å². The van der Waals surface area contributed by atoms with E-state index >= 15 is 0 Å². The van der Waals surface area contributed by atoms with E-state index in [0.29, 0.717) is 0 Å². The molecule has 0 bridgehead atoms. The molecule has 0 amide bonds. The minimum absolute atomic E-state index is 0.830. The summed E-state index contributed by atoms with van der Waals surface area (Å²) >= 11 is 0. The maximum atomic E-state index is 5.00. The van der Waals surface area contributed by atoms with Crippen LogP contribution in [-0.4, -0.2) is 24.7 Å². The van der Waals surface area contributed by atoms with Gasteiger partial charge in [-0.3, -0.25) is 9.97 Å². The van der Waals surface area contributed by atoms with Crippen molar-refractivity contribution >= 4 is 21.9 Å². The van der Waals surface area contributed by atoms with Crippen molar-refractivity contribution in [1.82, 2.24) is 24.7 Å². The first-order chi connectivity index (χ1) is 15.4. The van der Waals surface area contributed by atoms with Crippen molar-refractivity contribution in [2.75, 3.05) is 0 Å². The normalized spacial score (nSPS) is 11.2. The first kappa shape index (κ1) is 17.5. The van der Waals surface area contributed by atoms with Gasteiger partial charge in [0.2, 0.25) is 0 Å². The number of pyridine rings is 3. The van der Waals surface area contributed by atoms with Gasteiger partial charge in [0, 0.05) is 40.5 Å². The molecular weight excluding hydrogens is 382 g/mol. The average Bonchev–Trinajstić information content (AvgIpc) is 3.22. The Morgan fingerprint density at radius 2 is 1.52 bits per heavy atom. The van der Waals surface area contributed by atoms with Crippen molar-refractivity contribution in [3.8, 4) is 28.2 Å². The molecule has 5 nitrogen and oxygen atoms in total. The topological polar surface area (TPSA) is 56.5 Å². The summed E-state index contributed by atoms with van der Waals surface area (Å²) in [4.78, 5) is 13.6. The lowest BCUT2D eigenvalue weighted by atomic mass is 10.1. The maximum Gasteiger partial charge on any atom is 0.164 e. The highest BCUT2D eigenvalue weighted by Crippen LogP contribution is 2.32. The fourth-order valence-electron chi connectivity index (χ4n) is 3.87. The number of hydrogen-bond acceptors (Lipinski definition) is 4. The second-order valence-corrected chi connectivity index (χ2v) is 7.31. The molecular formula is C26H17N5. The van der Waals surface area contributed by atoms with Crippen molar-refractivity contribution in [2.45, 2.75) is 0 Å².